The molecule has 7 nitrogen and oxygen atoms in total. The van der Waals surface area contributed by atoms with Crippen LogP contribution >= 0.6 is 0 Å². The van der Waals surface area contributed by atoms with Crippen molar-refractivity contribution in [3.05, 3.63) is 65.9 Å². The summed E-state index contributed by atoms with van der Waals surface area (Å²) < 4.78 is 10.8. The molecule has 1 N–H and O–H groups in total. The predicted octanol–water partition coefficient (Wildman–Crippen LogP) is 3.28. The molecule has 1 saturated heterocycles. The van der Waals surface area contributed by atoms with E-state index in [0.29, 0.717) is 49.0 Å². The standard InChI is InChI=1S/C21H21N3O4/c1-14-18(23-20(28-14)15-6-3-2-4-7-15)19(25)22-16-9-11-24(12-10-16)21(26)17-8-5-13-27-17/h2-8,13,16H,9-12H2,1H3,(H,22,25). The summed E-state index contributed by atoms with van der Waals surface area (Å²) in [7, 11) is 0. The molecule has 0 atom stereocenters. The molecule has 28 heavy (non-hydrogen) atoms. The highest BCUT2D eigenvalue weighted by Gasteiger charge is 2.27. The summed E-state index contributed by atoms with van der Waals surface area (Å²) in [5.74, 6) is 0.895. The Morgan fingerprint density at radius 3 is 2.54 bits per heavy atom. The number of oxazole rings is 1. The minimum absolute atomic E-state index is 0.00979. The number of carbonyl (C=O) groups excluding carboxylic acids is 2. The highest BCUT2D eigenvalue weighted by atomic mass is 16.4. The second-order valence-electron chi connectivity index (χ2n) is 6.81. The van der Waals surface area contributed by atoms with Gasteiger partial charge in [0.1, 0.15) is 5.76 Å². The summed E-state index contributed by atoms with van der Waals surface area (Å²) in [6.45, 7) is 2.87. The maximum absolute atomic E-state index is 12.7. The molecule has 7 heteroatoms. The Bertz CT molecular complexity index is 955. The normalized spacial score (nSPS) is 14.8. The molecule has 0 aliphatic carbocycles. The lowest BCUT2D eigenvalue weighted by atomic mass is 10.0. The van der Waals surface area contributed by atoms with Crippen LogP contribution in [0.3, 0.4) is 0 Å². The first-order chi connectivity index (χ1) is 13.6. The number of rotatable bonds is 4. The number of likely N-dealkylation sites (tertiary alicyclic amines) is 1. The van der Waals surface area contributed by atoms with Crippen molar-refractivity contribution in [1.29, 1.82) is 0 Å². The fraction of sp³-hybridized carbons (Fsp3) is 0.286. The van der Waals surface area contributed by atoms with E-state index in [-0.39, 0.29) is 17.9 Å². The molecule has 144 valence electrons. The molecule has 1 aromatic carbocycles. The van der Waals surface area contributed by atoms with Gasteiger partial charge in [0, 0.05) is 24.7 Å². The van der Waals surface area contributed by atoms with Crippen molar-refractivity contribution in [3.8, 4) is 11.5 Å². The van der Waals surface area contributed by atoms with Gasteiger partial charge in [0.05, 0.1) is 6.26 Å². The monoisotopic (exact) mass is 379 g/mol. The molecule has 0 radical (unpaired) electrons. The second-order valence-corrected chi connectivity index (χ2v) is 6.81. The molecule has 0 spiro atoms. The van der Waals surface area contributed by atoms with Gasteiger partial charge in [-0.05, 0) is 44.0 Å². The third-order valence-corrected chi connectivity index (χ3v) is 4.88. The van der Waals surface area contributed by atoms with Gasteiger partial charge in [-0.25, -0.2) is 4.98 Å². The summed E-state index contributed by atoms with van der Waals surface area (Å²) >= 11 is 0. The van der Waals surface area contributed by atoms with Crippen molar-refractivity contribution >= 4 is 11.8 Å². The molecular weight excluding hydrogens is 358 g/mol. The molecule has 3 heterocycles. The van der Waals surface area contributed by atoms with Crippen molar-refractivity contribution in [1.82, 2.24) is 15.2 Å². The number of carbonyl (C=O) groups is 2. The first-order valence-electron chi connectivity index (χ1n) is 9.28. The fourth-order valence-corrected chi connectivity index (χ4v) is 3.35. The molecule has 2 aromatic heterocycles. The number of aryl methyl sites for hydroxylation is 1. The number of aromatic nitrogens is 1. The maximum Gasteiger partial charge on any atom is 0.289 e. The van der Waals surface area contributed by atoms with Gasteiger partial charge >= 0.3 is 0 Å². The van der Waals surface area contributed by atoms with Gasteiger partial charge in [-0.2, -0.15) is 0 Å². The average molecular weight is 379 g/mol. The minimum Gasteiger partial charge on any atom is -0.459 e. The lowest BCUT2D eigenvalue weighted by Gasteiger charge is -2.31. The number of benzene rings is 1. The minimum atomic E-state index is -0.251. The summed E-state index contributed by atoms with van der Waals surface area (Å²) in [4.78, 5) is 31.1. The zero-order valence-electron chi connectivity index (χ0n) is 15.6. The van der Waals surface area contributed by atoms with Gasteiger partial charge in [0.15, 0.2) is 11.5 Å². The van der Waals surface area contributed by atoms with E-state index in [1.165, 1.54) is 6.26 Å². The maximum atomic E-state index is 12.7. The Balaban J connectivity index is 1.36. The third-order valence-electron chi connectivity index (χ3n) is 4.88. The first kappa shape index (κ1) is 18.0. The average Bonchev–Trinajstić information content (AvgIpc) is 3.39. The Hall–Kier alpha value is -3.35. The second kappa shape index (κ2) is 7.72. The van der Waals surface area contributed by atoms with Gasteiger partial charge in [0.2, 0.25) is 5.89 Å². The molecule has 3 aromatic rings. The van der Waals surface area contributed by atoms with Crippen LogP contribution < -0.4 is 5.32 Å². The Labute approximate surface area is 162 Å². The van der Waals surface area contributed by atoms with Crippen LogP contribution in [-0.2, 0) is 0 Å². The lowest BCUT2D eigenvalue weighted by molar-refractivity contribution is 0.0667. The molecule has 1 aliphatic rings. The quantitative estimate of drug-likeness (QED) is 0.751. The highest BCUT2D eigenvalue weighted by Crippen LogP contribution is 2.22. The summed E-state index contributed by atoms with van der Waals surface area (Å²) in [6, 6.07) is 12.8. The van der Waals surface area contributed by atoms with Crippen molar-refractivity contribution < 1.29 is 18.4 Å². The van der Waals surface area contributed by atoms with Crippen LogP contribution in [0.1, 0.15) is 39.6 Å². The van der Waals surface area contributed by atoms with Crippen LogP contribution in [0.4, 0.5) is 0 Å². The molecule has 4 rings (SSSR count). The van der Waals surface area contributed by atoms with Crippen LogP contribution in [0.2, 0.25) is 0 Å². The van der Waals surface area contributed by atoms with E-state index in [2.05, 4.69) is 10.3 Å². The predicted molar refractivity (Wildman–Crippen MR) is 102 cm³/mol. The Morgan fingerprint density at radius 1 is 1.11 bits per heavy atom. The molecule has 0 bridgehead atoms. The van der Waals surface area contributed by atoms with Gasteiger partial charge in [0.25, 0.3) is 11.8 Å². The summed E-state index contributed by atoms with van der Waals surface area (Å²) in [6.07, 6.45) is 2.85. The van der Waals surface area contributed by atoms with E-state index in [1.54, 1.807) is 24.0 Å². The lowest BCUT2D eigenvalue weighted by Crippen LogP contribution is -2.46. The Morgan fingerprint density at radius 2 is 1.86 bits per heavy atom. The smallest absolute Gasteiger partial charge is 0.289 e. The number of hydrogen-bond donors (Lipinski definition) is 1. The largest absolute Gasteiger partial charge is 0.459 e. The van der Waals surface area contributed by atoms with Crippen molar-refractivity contribution in [2.24, 2.45) is 0 Å². The third kappa shape index (κ3) is 3.69. The number of nitrogens with zero attached hydrogens (tertiary/aromatic N) is 2. The van der Waals surface area contributed by atoms with Crippen LogP contribution in [0, 0.1) is 6.92 Å². The molecule has 0 saturated carbocycles. The topological polar surface area (TPSA) is 88.6 Å². The van der Waals surface area contributed by atoms with E-state index in [0.717, 1.165) is 5.56 Å². The van der Waals surface area contributed by atoms with E-state index >= 15 is 0 Å². The zero-order chi connectivity index (χ0) is 19.5. The molecule has 1 fully saturated rings. The van der Waals surface area contributed by atoms with Crippen LogP contribution in [-0.4, -0.2) is 40.8 Å². The highest BCUT2D eigenvalue weighted by molar-refractivity contribution is 5.94. The molecular formula is C21H21N3O4. The first-order valence-corrected chi connectivity index (χ1v) is 9.28. The SMILES string of the molecule is Cc1oc(-c2ccccc2)nc1C(=O)NC1CCN(C(=O)c2ccco2)CC1. The van der Waals surface area contributed by atoms with E-state index in [4.69, 9.17) is 8.83 Å². The van der Waals surface area contributed by atoms with Crippen LogP contribution in [0.25, 0.3) is 11.5 Å². The van der Waals surface area contributed by atoms with E-state index < -0.39 is 0 Å². The van der Waals surface area contributed by atoms with Crippen molar-refractivity contribution in [2.45, 2.75) is 25.8 Å². The number of piperidine rings is 1. The molecule has 2 amide bonds. The van der Waals surface area contributed by atoms with Gasteiger partial charge < -0.3 is 19.1 Å². The summed E-state index contributed by atoms with van der Waals surface area (Å²) in [5, 5.41) is 3.01. The van der Waals surface area contributed by atoms with E-state index in [1.807, 2.05) is 30.3 Å². The van der Waals surface area contributed by atoms with Gasteiger partial charge in [-0.1, -0.05) is 18.2 Å². The van der Waals surface area contributed by atoms with Gasteiger partial charge in [-0.15, -0.1) is 0 Å². The van der Waals surface area contributed by atoms with Gasteiger partial charge in [-0.3, -0.25) is 9.59 Å². The Kier molecular flexibility index (Phi) is 4.97. The van der Waals surface area contributed by atoms with E-state index in [9.17, 15) is 9.59 Å². The number of amides is 2. The van der Waals surface area contributed by atoms with Crippen LogP contribution in [0.15, 0.2) is 57.6 Å². The molecule has 0 unspecified atom stereocenters. The molecule has 1 aliphatic heterocycles. The van der Waals surface area contributed by atoms with Crippen molar-refractivity contribution in [2.75, 3.05) is 13.1 Å². The van der Waals surface area contributed by atoms with Crippen LogP contribution in [0.5, 0.6) is 0 Å². The summed E-state index contributed by atoms with van der Waals surface area (Å²) in [5.41, 5.74) is 1.13. The van der Waals surface area contributed by atoms with Crippen molar-refractivity contribution in [3.63, 3.8) is 0 Å². The zero-order valence-corrected chi connectivity index (χ0v) is 15.6. The fourth-order valence-electron chi connectivity index (χ4n) is 3.35. The number of furan rings is 1. The number of hydrogen-bond acceptors (Lipinski definition) is 5. The number of nitrogens with one attached hydrogen (secondary N) is 1.